The van der Waals surface area contributed by atoms with Gasteiger partial charge in [-0.25, -0.2) is 22.7 Å². The van der Waals surface area contributed by atoms with E-state index in [-0.39, 0.29) is 11.7 Å². The highest BCUT2D eigenvalue weighted by Crippen LogP contribution is 2.31. The number of aliphatic hydroxyl groups excluding tert-OH is 1. The Labute approximate surface area is 139 Å². The topological polar surface area (TPSA) is 86.6 Å². The van der Waals surface area contributed by atoms with Gasteiger partial charge in [0.2, 0.25) is 10.0 Å². The highest BCUT2D eigenvalue weighted by Gasteiger charge is 2.36. The number of aliphatic hydroxyl groups is 1. The van der Waals surface area contributed by atoms with Crippen molar-refractivity contribution in [2.24, 2.45) is 5.92 Å². The first-order valence-electron chi connectivity index (χ1n) is 7.33. The quantitative estimate of drug-likeness (QED) is 0.867. The molecule has 0 amide bonds. The van der Waals surface area contributed by atoms with Crippen molar-refractivity contribution in [1.82, 2.24) is 14.3 Å². The Kier molecular flexibility index (Phi) is 4.30. The highest BCUT2D eigenvalue weighted by molar-refractivity contribution is 7.89. The fourth-order valence-electron chi connectivity index (χ4n) is 2.80. The maximum atomic E-state index is 12.1. The maximum absolute atomic E-state index is 12.1. The third kappa shape index (κ3) is 3.18. The molecule has 0 saturated carbocycles. The zero-order valence-electron chi connectivity index (χ0n) is 13.3. The van der Waals surface area contributed by atoms with Crippen molar-refractivity contribution in [2.75, 3.05) is 37.8 Å². The fraction of sp³-hybridized carbons (Fsp3) is 0.571. The van der Waals surface area contributed by atoms with Crippen molar-refractivity contribution < 1.29 is 13.5 Å². The van der Waals surface area contributed by atoms with Crippen LogP contribution in [0.25, 0.3) is 10.2 Å². The Bertz CT molecular complexity index is 819. The van der Waals surface area contributed by atoms with E-state index >= 15 is 0 Å². The van der Waals surface area contributed by atoms with Crippen LogP contribution in [0.3, 0.4) is 0 Å². The minimum atomic E-state index is -3.34. The largest absolute Gasteiger partial charge is 0.391 e. The van der Waals surface area contributed by atoms with E-state index in [0.29, 0.717) is 18.9 Å². The molecule has 0 aromatic carbocycles. The predicted molar refractivity (Wildman–Crippen MR) is 91.3 cm³/mol. The van der Waals surface area contributed by atoms with Gasteiger partial charge in [0.15, 0.2) is 0 Å². The molecule has 1 aliphatic heterocycles. The van der Waals surface area contributed by atoms with Crippen molar-refractivity contribution >= 4 is 37.4 Å². The summed E-state index contributed by atoms with van der Waals surface area (Å²) < 4.78 is 25.3. The van der Waals surface area contributed by atoms with E-state index < -0.39 is 16.1 Å². The molecule has 23 heavy (non-hydrogen) atoms. The lowest BCUT2D eigenvalue weighted by molar-refractivity contribution is 0.157. The van der Waals surface area contributed by atoms with Crippen molar-refractivity contribution in [2.45, 2.75) is 13.0 Å². The summed E-state index contributed by atoms with van der Waals surface area (Å²) in [4.78, 5) is 11.8. The maximum Gasteiger partial charge on any atom is 0.214 e. The molecule has 2 aromatic heterocycles. The molecule has 1 fully saturated rings. The molecule has 0 spiro atoms. The van der Waals surface area contributed by atoms with E-state index in [4.69, 9.17) is 0 Å². The van der Waals surface area contributed by atoms with E-state index in [0.717, 1.165) is 16.0 Å². The monoisotopic (exact) mass is 356 g/mol. The van der Waals surface area contributed by atoms with Crippen molar-refractivity contribution in [3.63, 3.8) is 0 Å². The van der Waals surface area contributed by atoms with Gasteiger partial charge >= 0.3 is 0 Å². The second-order valence-corrected chi connectivity index (χ2v) is 9.15. The van der Waals surface area contributed by atoms with Crippen LogP contribution in [0.4, 0.5) is 5.82 Å². The van der Waals surface area contributed by atoms with E-state index in [9.17, 15) is 13.5 Å². The SMILES string of the molecule is Cc1nc(N2C[C@@H](CS(=O)(=O)N(C)C)[C@H](O)C2)c2ccsc2n1. The number of sulfonamides is 1. The molecule has 1 saturated heterocycles. The van der Waals surface area contributed by atoms with Crippen LogP contribution in [-0.4, -0.2) is 66.8 Å². The van der Waals surface area contributed by atoms with Crippen molar-refractivity contribution in [3.05, 3.63) is 17.3 Å². The van der Waals surface area contributed by atoms with Gasteiger partial charge in [0, 0.05) is 33.1 Å². The summed E-state index contributed by atoms with van der Waals surface area (Å²) in [5.74, 6) is 1.06. The van der Waals surface area contributed by atoms with Crippen LogP contribution < -0.4 is 4.90 Å². The smallest absolute Gasteiger partial charge is 0.214 e. The summed E-state index contributed by atoms with van der Waals surface area (Å²) in [5, 5.41) is 13.2. The van der Waals surface area contributed by atoms with Crippen LogP contribution in [0.2, 0.25) is 0 Å². The number of anilines is 1. The minimum absolute atomic E-state index is 0.0610. The summed E-state index contributed by atoms with van der Waals surface area (Å²) in [6, 6.07) is 1.96. The van der Waals surface area contributed by atoms with Gasteiger partial charge in [-0.2, -0.15) is 0 Å². The van der Waals surface area contributed by atoms with Crippen LogP contribution >= 0.6 is 11.3 Å². The lowest BCUT2D eigenvalue weighted by Crippen LogP contribution is -2.33. The van der Waals surface area contributed by atoms with Gasteiger partial charge in [0.1, 0.15) is 16.5 Å². The fourth-order valence-corrected chi connectivity index (χ4v) is 4.77. The summed E-state index contributed by atoms with van der Waals surface area (Å²) in [6.45, 7) is 2.69. The van der Waals surface area contributed by atoms with E-state index in [1.54, 1.807) is 11.3 Å². The summed E-state index contributed by atoms with van der Waals surface area (Å²) >= 11 is 1.55. The number of aromatic nitrogens is 2. The van der Waals surface area contributed by atoms with Crippen LogP contribution in [0.1, 0.15) is 5.82 Å². The summed E-state index contributed by atoms with van der Waals surface area (Å²) in [6.07, 6.45) is -0.686. The third-order valence-electron chi connectivity index (χ3n) is 4.10. The molecule has 1 aliphatic rings. The molecule has 1 N–H and O–H groups in total. The molecular weight excluding hydrogens is 336 g/mol. The Morgan fingerprint density at radius 2 is 2.13 bits per heavy atom. The zero-order chi connectivity index (χ0) is 16.8. The van der Waals surface area contributed by atoms with Crippen LogP contribution in [0.15, 0.2) is 11.4 Å². The minimum Gasteiger partial charge on any atom is -0.391 e. The molecular formula is C14H20N4O3S2. The van der Waals surface area contributed by atoms with E-state index in [1.165, 1.54) is 18.4 Å². The van der Waals surface area contributed by atoms with Gasteiger partial charge < -0.3 is 10.0 Å². The Morgan fingerprint density at radius 1 is 1.39 bits per heavy atom. The molecule has 0 aliphatic carbocycles. The number of aryl methyl sites for hydroxylation is 1. The molecule has 9 heteroatoms. The highest BCUT2D eigenvalue weighted by atomic mass is 32.2. The van der Waals surface area contributed by atoms with E-state index in [1.807, 2.05) is 23.3 Å². The van der Waals surface area contributed by atoms with Crippen LogP contribution in [0.5, 0.6) is 0 Å². The van der Waals surface area contributed by atoms with Crippen LogP contribution in [-0.2, 0) is 10.0 Å². The number of nitrogens with zero attached hydrogens (tertiary/aromatic N) is 4. The van der Waals surface area contributed by atoms with Crippen molar-refractivity contribution in [3.8, 4) is 0 Å². The average molecular weight is 356 g/mol. The second-order valence-electron chi connectivity index (χ2n) is 6.03. The number of β-amino-alcohol motifs (C(OH)–C–C–N with tert-alkyl or cyclic N) is 1. The molecule has 3 rings (SSSR count). The number of hydrogen-bond acceptors (Lipinski definition) is 7. The molecule has 2 aromatic rings. The van der Waals surface area contributed by atoms with Gasteiger partial charge in [0.25, 0.3) is 0 Å². The number of fused-ring (bicyclic) bond motifs is 1. The average Bonchev–Trinajstić information content (AvgIpc) is 3.04. The van der Waals surface area contributed by atoms with Crippen molar-refractivity contribution in [1.29, 1.82) is 0 Å². The molecule has 7 nitrogen and oxygen atoms in total. The Hall–Kier alpha value is -1.29. The van der Waals surface area contributed by atoms with Gasteiger partial charge in [-0.15, -0.1) is 11.3 Å². The molecule has 126 valence electrons. The predicted octanol–water partition coefficient (Wildman–Crippen LogP) is 0.688. The van der Waals surface area contributed by atoms with Gasteiger partial charge in [-0.05, 0) is 18.4 Å². The van der Waals surface area contributed by atoms with E-state index in [2.05, 4.69) is 9.97 Å². The molecule has 2 atom stereocenters. The standard InChI is InChI=1S/C14H20N4O3S2/c1-9-15-13(11-4-5-22-14(11)16-9)18-6-10(12(19)7-18)8-23(20,21)17(2)3/h4-5,10,12,19H,6-8H2,1-3H3/t10-,12+/m0/s1. The Balaban J connectivity index is 1.87. The Morgan fingerprint density at radius 3 is 2.83 bits per heavy atom. The molecule has 0 radical (unpaired) electrons. The van der Waals surface area contributed by atoms with Gasteiger partial charge in [0.05, 0.1) is 17.2 Å². The van der Waals surface area contributed by atoms with Crippen LogP contribution in [0, 0.1) is 12.8 Å². The molecule has 0 bridgehead atoms. The summed E-state index contributed by atoms with van der Waals surface area (Å²) in [5.41, 5.74) is 0. The first-order valence-corrected chi connectivity index (χ1v) is 9.82. The normalized spacial score (nSPS) is 22.4. The first kappa shape index (κ1) is 16.6. The van der Waals surface area contributed by atoms with Gasteiger partial charge in [-0.1, -0.05) is 0 Å². The molecule has 0 unspecified atom stereocenters. The summed E-state index contributed by atoms with van der Waals surface area (Å²) in [7, 11) is -0.322. The third-order valence-corrected chi connectivity index (χ3v) is 6.87. The number of thiophene rings is 1. The second kappa shape index (κ2) is 5.97. The zero-order valence-corrected chi connectivity index (χ0v) is 14.9. The molecule has 3 heterocycles. The van der Waals surface area contributed by atoms with Gasteiger partial charge in [-0.3, -0.25) is 0 Å². The number of rotatable bonds is 4. The number of hydrogen-bond donors (Lipinski definition) is 1. The first-order chi connectivity index (χ1) is 10.8. The lowest BCUT2D eigenvalue weighted by Gasteiger charge is -2.19. The lowest BCUT2D eigenvalue weighted by atomic mass is 10.1.